The minimum atomic E-state index is -4.37. The van der Waals surface area contributed by atoms with E-state index in [1.165, 1.54) is 27.0 Å². The molecule has 15 heteroatoms. The molecule has 14 nitrogen and oxygen atoms in total. The number of ether oxygens (including phenoxy) is 5. The maximum absolute atomic E-state index is 13.7. The first-order chi connectivity index (χ1) is 20.6. The van der Waals surface area contributed by atoms with E-state index in [1.54, 1.807) is 0 Å². The van der Waals surface area contributed by atoms with Crippen molar-refractivity contribution in [3.05, 3.63) is 59.2 Å². The van der Waals surface area contributed by atoms with E-state index >= 15 is 0 Å². The van der Waals surface area contributed by atoms with Crippen LogP contribution in [0.1, 0.15) is 50.3 Å². The van der Waals surface area contributed by atoms with Gasteiger partial charge in [0, 0.05) is 19.2 Å². The number of carbonyl (C=O) groups is 4. The minimum Gasteiger partial charge on any atom is -0.466 e. The summed E-state index contributed by atoms with van der Waals surface area (Å²) < 4.78 is 52.3. The highest BCUT2D eigenvalue weighted by molar-refractivity contribution is 7.89. The number of alkyl carbamates (subject to hydrolysis) is 1. The molecule has 0 bridgehead atoms. The molecule has 2 atom stereocenters. The standard InChI is InChI=1S/C29H37N3O11S/c1-17(2)21-10-8-20(9-11-21)14-15-32(5)44(37,38)24-16-22(25(30)31-28(35)41-18(3)26(33)39-6)12-13-23(24)43-29(36)42-19(4)27(34)40-7/h8-13,16-19H,14-15H2,1-7H3,(H2,30,31,35). The van der Waals surface area contributed by atoms with E-state index in [4.69, 9.17) is 19.6 Å². The van der Waals surface area contributed by atoms with Crippen LogP contribution in [0.5, 0.6) is 5.75 Å². The third kappa shape index (κ3) is 9.77. The van der Waals surface area contributed by atoms with Crippen LogP contribution in [-0.2, 0) is 45.0 Å². The van der Waals surface area contributed by atoms with Crippen molar-refractivity contribution in [2.75, 3.05) is 27.8 Å². The maximum atomic E-state index is 13.7. The Hall–Kier alpha value is -4.50. The van der Waals surface area contributed by atoms with E-state index < -0.39 is 62.9 Å². The fraction of sp³-hybridized carbons (Fsp3) is 0.414. The van der Waals surface area contributed by atoms with Gasteiger partial charge in [-0.2, -0.15) is 0 Å². The van der Waals surface area contributed by atoms with Crippen LogP contribution in [0, 0.1) is 5.41 Å². The third-order valence-electron chi connectivity index (χ3n) is 6.33. The second-order valence-electron chi connectivity index (χ2n) is 9.84. The summed E-state index contributed by atoms with van der Waals surface area (Å²) in [6.45, 7) is 6.68. The summed E-state index contributed by atoms with van der Waals surface area (Å²) in [6.07, 6.45) is -4.79. The summed E-state index contributed by atoms with van der Waals surface area (Å²) in [4.78, 5) is 47.2. The fourth-order valence-corrected chi connectivity index (χ4v) is 4.95. The predicted molar refractivity (Wildman–Crippen MR) is 157 cm³/mol. The number of esters is 2. The first-order valence-corrected chi connectivity index (χ1v) is 14.8. The monoisotopic (exact) mass is 635 g/mol. The van der Waals surface area contributed by atoms with Gasteiger partial charge in [-0.25, -0.2) is 31.9 Å². The molecule has 0 saturated carbocycles. The lowest BCUT2D eigenvalue weighted by molar-refractivity contribution is -0.150. The number of methoxy groups -OCH3 is 2. The van der Waals surface area contributed by atoms with Gasteiger partial charge in [0.05, 0.1) is 14.2 Å². The van der Waals surface area contributed by atoms with Gasteiger partial charge in [0.2, 0.25) is 10.0 Å². The number of hydrogen-bond donors (Lipinski definition) is 2. The zero-order valence-corrected chi connectivity index (χ0v) is 26.4. The molecule has 1 amide bonds. The highest BCUT2D eigenvalue weighted by atomic mass is 32.2. The molecule has 2 unspecified atom stereocenters. The zero-order valence-electron chi connectivity index (χ0n) is 25.5. The molecule has 0 heterocycles. The fourth-order valence-electron chi connectivity index (χ4n) is 3.64. The second-order valence-corrected chi connectivity index (χ2v) is 11.9. The van der Waals surface area contributed by atoms with Gasteiger partial charge in [0.1, 0.15) is 10.7 Å². The van der Waals surface area contributed by atoms with E-state index in [1.807, 2.05) is 24.3 Å². The van der Waals surface area contributed by atoms with Gasteiger partial charge in [-0.15, -0.1) is 0 Å². The number of amides is 1. The van der Waals surface area contributed by atoms with Crippen LogP contribution in [-0.4, -0.2) is 82.8 Å². The summed E-state index contributed by atoms with van der Waals surface area (Å²) in [5.41, 5.74) is 1.93. The quantitative estimate of drug-likeness (QED) is 0.114. The molecule has 2 N–H and O–H groups in total. The minimum absolute atomic E-state index is 0.0459. The lowest BCUT2D eigenvalue weighted by atomic mass is 10.0. The summed E-state index contributed by atoms with van der Waals surface area (Å²) in [5, 5.41) is 10.4. The molecule has 0 saturated heterocycles. The van der Waals surface area contributed by atoms with E-state index in [0.717, 1.165) is 41.8 Å². The van der Waals surface area contributed by atoms with Crippen LogP contribution in [0.4, 0.5) is 9.59 Å². The Morgan fingerprint density at radius 3 is 2.00 bits per heavy atom. The topological polar surface area (TPSA) is 188 Å². The van der Waals surface area contributed by atoms with Gasteiger partial charge in [-0.1, -0.05) is 38.1 Å². The molecule has 0 aliphatic rings. The lowest BCUT2D eigenvalue weighted by Crippen LogP contribution is -2.36. The van der Waals surface area contributed by atoms with Crippen molar-refractivity contribution >= 4 is 40.0 Å². The number of rotatable bonds is 12. The van der Waals surface area contributed by atoms with Crippen molar-refractivity contribution in [2.24, 2.45) is 0 Å². The Balaban J connectivity index is 2.36. The average Bonchev–Trinajstić information content (AvgIpc) is 2.98. The smallest absolute Gasteiger partial charge is 0.466 e. The van der Waals surface area contributed by atoms with Crippen molar-refractivity contribution in [1.29, 1.82) is 5.41 Å². The summed E-state index contributed by atoms with van der Waals surface area (Å²) in [6, 6.07) is 11.1. The summed E-state index contributed by atoms with van der Waals surface area (Å²) in [7, 11) is -0.825. The molecular formula is C29H37N3O11S. The number of nitrogens with zero attached hydrogens (tertiary/aromatic N) is 1. The number of carbonyl (C=O) groups excluding carboxylic acids is 4. The van der Waals surface area contributed by atoms with Crippen LogP contribution in [0.25, 0.3) is 0 Å². The Morgan fingerprint density at radius 1 is 0.886 bits per heavy atom. The molecule has 0 fully saturated rings. The summed E-state index contributed by atoms with van der Waals surface area (Å²) >= 11 is 0. The number of sulfonamides is 1. The Morgan fingerprint density at radius 2 is 1.45 bits per heavy atom. The molecule has 0 spiro atoms. The van der Waals surface area contributed by atoms with Crippen molar-refractivity contribution in [3.63, 3.8) is 0 Å². The van der Waals surface area contributed by atoms with Crippen LogP contribution in [0.2, 0.25) is 0 Å². The molecule has 44 heavy (non-hydrogen) atoms. The van der Waals surface area contributed by atoms with Crippen molar-refractivity contribution in [2.45, 2.75) is 57.1 Å². The van der Waals surface area contributed by atoms with E-state index in [2.05, 4.69) is 28.6 Å². The average molecular weight is 636 g/mol. The number of amidine groups is 1. The van der Waals surface area contributed by atoms with Gasteiger partial charge < -0.3 is 23.7 Å². The summed E-state index contributed by atoms with van der Waals surface area (Å²) in [5.74, 6) is -2.39. The van der Waals surface area contributed by atoms with Crippen LogP contribution < -0.4 is 10.1 Å². The van der Waals surface area contributed by atoms with Crippen molar-refractivity contribution in [3.8, 4) is 5.75 Å². The number of hydrogen-bond acceptors (Lipinski definition) is 12. The van der Waals surface area contributed by atoms with Crippen LogP contribution in [0.15, 0.2) is 47.4 Å². The van der Waals surface area contributed by atoms with Gasteiger partial charge >= 0.3 is 24.2 Å². The van der Waals surface area contributed by atoms with Gasteiger partial charge in [-0.3, -0.25) is 10.7 Å². The molecule has 0 radical (unpaired) electrons. The zero-order chi connectivity index (χ0) is 33.2. The molecule has 0 aliphatic heterocycles. The lowest BCUT2D eigenvalue weighted by Gasteiger charge is -2.20. The Labute approximate surface area is 256 Å². The molecule has 2 aromatic carbocycles. The molecule has 2 aromatic rings. The van der Waals surface area contributed by atoms with E-state index in [-0.39, 0.29) is 12.1 Å². The van der Waals surface area contributed by atoms with Crippen molar-refractivity contribution in [1.82, 2.24) is 9.62 Å². The van der Waals surface area contributed by atoms with E-state index in [9.17, 15) is 27.6 Å². The molecular weight excluding hydrogens is 598 g/mol. The number of nitrogens with one attached hydrogen (secondary N) is 2. The molecule has 240 valence electrons. The largest absolute Gasteiger partial charge is 0.514 e. The second kappa shape index (κ2) is 15.8. The molecule has 0 aromatic heterocycles. The Kier molecular flexibility index (Phi) is 12.8. The van der Waals surface area contributed by atoms with Crippen LogP contribution >= 0.6 is 0 Å². The first-order valence-electron chi connectivity index (χ1n) is 13.4. The first kappa shape index (κ1) is 35.7. The highest BCUT2D eigenvalue weighted by Gasteiger charge is 2.29. The maximum Gasteiger partial charge on any atom is 0.514 e. The predicted octanol–water partition coefficient (Wildman–Crippen LogP) is 3.36. The normalized spacial score (nSPS) is 12.6. The number of likely N-dealkylation sites (N-methyl/N-ethyl adjacent to an activating group) is 1. The third-order valence-corrected chi connectivity index (χ3v) is 8.20. The van der Waals surface area contributed by atoms with Gasteiger partial charge in [0.25, 0.3) is 0 Å². The highest BCUT2D eigenvalue weighted by Crippen LogP contribution is 2.29. The van der Waals surface area contributed by atoms with Gasteiger partial charge in [0.15, 0.2) is 18.0 Å². The number of benzene rings is 2. The van der Waals surface area contributed by atoms with E-state index in [0.29, 0.717) is 12.3 Å². The van der Waals surface area contributed by atoms with Gasteiger partial charge in [-0.05, 0) is 55.5 Å². The van der Waals surface area contributed by atoms with Crippen LogP contribution in [0.3, 0.4) is 0 Å². The molecule has 2 rings (SSSR count). The SMILES string of the molecule is COC(=O)C(C)OC(=O)NC(=N)c1ccc(OC(=O)OC(C)C(=O)OC)c(S(=O)(=O)N(C)CCc2ccc(C(C)C)cc2)c1. The molecule has 0 aliphatic carbocycles. The Bertz CT molecular complexity index is 1470. The van der Waals surface area contributed by atoms with Crippen molar-refractivity contribution < 1.29 is 51.3 Å².